The average molecular weight is 353 g/mol. The summed E-state index contributed by atoms with van der Waals surface area (Å²) in [6, 6.07) is -0.582. The molecule has 0 aromatic carbocycles. The molecule has 0 bridgehead atoms. The normalized spacial score (nSPS) is 19.2. The number of nitrogens with zero attached hydrogens (tertiary/aromatic N) is 2. The van der Waals surface area contributed by atoms with E-state index in [9.17, 15) is 9.59 Å². The molecule has 1 aliphatic rings. The Bertz CT molecular complexity index is 621. The van der Waals surface area contributed by atoms with Crippen molar-refractivity contribution in [3.05, 3.63) is 15.6 Å². The number of amides is 2. The van der Waals surface area contributed by atoms with Gasteiger partial charge in [-0.2, -0.15) is 0 Å². The van der Waals surface area contributed by atoms with E-state index in [-0.39, 0.29) is 11.9 Å². The van der Waals surface area contributed by atoms with Gasteiger partial charge in [0.25, 0.3) is 0 Å². The summed E-state index contributed by atoms with van der Waals surface area (Å²) in [7, 11) is 0. The van der Waals surface area contributed by atoms with Crippen molar-refractivity contribution >= 4 is 23.3 Å². The topological polar surface area (TPSA) is 71.5 Å². The van der Waals surface area contributed by atoms with Crippen molar-refractivity contribution in [3.63, 3.8) is 0 Å². The van der Waals surface area contributed by atoms with Crippen LogP contribution in [0.5, 0.6) is 0 Å². The Labute approximate surface area is 147 Å². The molecule has 0 radical (unpaired) electrons. The molecule has 6 nitrogen and oxygen atoms in total. The molecule has 1 aromatic heterocycles. The fourth-order valence-electron chi connectivity index (χ4n) is 2.90. The van der Waals surface area contributed by atoms with Crippen LogP contribution in [0, 0.1) is 13.8 Å². The minimum atomic E-state index is -0.564. The second-order valence-corrected chi connectivity index (χ2v) is 8.48. The summed E-state index contributed by atoms with van der Waals surface area (Å²) in [5.74, 6) is -0.128. The van der Waals surface area contributed by atoms with Crippen molar-refractivity contribution < 1.29 is 14.3 Å². The minimum Gasteiger partial charge on any atom is -0.444 e. The highest BCUT2D eigenvalue weighted by Gasteiger charge is 2.37. The smallest absolute Gasteiger partial charge is 0.410 e. The van der Waals surface area contributed by atoms with Crippen LogP contribution in [0.15, 0.2) is 0 Å². The number of aryl methyl sites for hydroxylation is 2. The predicted molar refractivity (Wildman–Crippen MR) is 94.1 cm³/mol. The van der Waals surface area contributed by atoms with E-state index in [2.05, 4.69) is 10.3 Å². The molecular formula is C17H27N3O3S. The number of hydrogen-bond acceptors (Lipinski definition) is 5. The molecule has 1 N–H and O–H groups in total. The van der Waals surface area contributed by atoms with Gasteiger partial charge in [0.1, 0.15) is 11.6 Å². The monoisotopic (exact) mass is 353 g/mol. The molecule has 0 saturated carbocycles. The Hall–Kier alpha value is -1.63. The molecule has 2 heterocycles. The van der Waals surface area contributed by atoms with Gasteiger partial charge < -0.3 is 10.1 Å². The number of aromatic nitrogens is 1. The minimum absolute atomic E-state index is 0.121. The molecule has 2 amide bonds. The molecular weight excluding hydrogens is 326 g/mol. The quantitative estimate of drug-likeness (QED) is 0.905. The molecule has 0 spiro atoms. The highest BCUT2D eigenvalue weighted by atomic mass is 32.1. The Balaban J connectivity index is 2.03. The van der Waals surface area contributed by atoms with E-state index in [0.717, 1.165) is 22.0 Å². The first-order valence-corrected chi connectivity index (χ1v) is 9.14. The number of carbonyl (C=O) groups is 2. The summed E-state index contributed by atoms with van der Waals surface area (Å²) < 4.78 is 5.41. The molecule has 134 valence electrons. The summed E-state index contributed by atoms with van der Waals surface area (Å²) >= 11 is 1.59. The van der Waals surface area contributed by atoms with E-state index < -0.39 is 17.7 Å². The van der Waals surface area contributed by atoms with Crippen LogP contribution in [0.4, 0.5) is 4.79 Å². The van der Waals surface area contributed by atoms with Gasteiger partial charge in [0.05, 0.1) is 16.7 Å². The first-order chi connectivity index (χ1) is 11.1. The predicted octanol–water partition coefficient (Wildman–Crippen LogP) is 3.34. The van der Waals surface area contributed by atoms with Crippen LogP contribution >= 0.6 is 11.3 Å². The van der Waals surface area contributed by atoms with Crippen molar-refractivity contribution in [3.8, 4) is 0 Å². The van der Waals surface area contributed by atoms with E-state index in [0.29, 0.717) is 13.0 Å². The van der Waals surface area contributed by atoms with E-state index in [1.165, 1.54) is 4.90 Å². The lowest BCUT2D eigenvalue weighted by atomic mass is 10.1. The molecule has 0 aliphatic carbocycles. The fourth-order valence-corrected chi connectivity index (χ4v) is 3.83. The third-order valence-corrected chi connectivity index (χ3v) is 5.13. The lowest BCUT2D eigenvalue weighted by Crippen LogP contribution is -2.48. The Morgan fingerprint density at radius 3 is 2.58 bits per heavy atom. The first kappa shape index (κ1) is 18.7. The van der Waals surface area contributed by atoms with E-state index >= 15 is 0 Å². The second kappa shape index (κ2) is 7.09. The molecule has 1 aliphatic heterocycles. The maximum absolute atomic E-state index is 12.7. The molecule has 7 heteroatoms. The molecule has 1 aromatic rings. The Morgan fingerprint density at radius 1 is 1.38 bits per heavy atom. The maximum Gasteiger partial charge on any atom is 0.410 e. The van der Waals surface area contributed by atoms with Gasteiger partial charge >= 0.3 is 6.09 Å². The number of nitrogens with one attached hydrogen (secondary N) is 1. The zero-order valence-electron chi connectivity index (χ0n) is 15.3. The van der Waals surface area contributed by atoms with Crippen LogP contribution in [0.25, 0.3) is 0 Å². The number of rotatable bonds is 3. The molecule has 1 saturated heterocycles. The van der Waals surface area contributed by atoms with Crippen LogP contribution in [-0.2, 0) is 9.53 Å². The largest absolute Gasteiger partial charge is 0.444 e. The average Bonchev–Trinajstić information content (AvgIpc) is 3.03. The lowest BCUT2D eigenvalue weighted by Gasteiger charge is -2.28. The van der Waals surface area contributed by atoms with Gasteiger partial charge in [0, 0.05) is 11.4 Å². The number of likely N-dealkylation sites (tertiary alicyclic amines) is 1. The van der Waals surface area contributed by atoms with Gasteiger partial charge in [-0.15, -0.1) is 11.3 Å². The molecule has 2 rings (SSSR count). The van der Waals surface area contributed by atoms with Crippen LogP contribution in [0.3, 0.4) is 0 Å². The molecule has 2 atom stereocenters. The summed E-state index contributed by atoms with van der Waals surface area (Å²) in [6.07, 6.45) is 1.06. The summed E-state index contributed by atoms with van der Waals surface area (Å²) in [5.41, 5.74) is 0.381. The fraction of sp³-hybridized carbons (Fsp3) is 0.706. The van der Waals surface area contributed by atoms with E-state index in [4.69, 9.17) is 4.74 Å². The number of hydrogen-bond donors (Lipinski definition) is 1. The lowest BCUT2D eigenvalue weighted by molar-refractivity contribution is -0.126. The number of thiazole rings is 1. The number of carbonyl (C=O) groups excluding carboxylic acids is 2. The van der Waals surface area contributed by atoms with Crippen LogP contribution < -0.4 is 5.32 Å². The van der Waals surface area contributed by atoms with Gasteiger partial charge in [-0.05, 0) is 54.4 Å². The maximum atomic E-state index is 12.7. The van der Waals surface area contributed by atoms with E-state index in [1.807, 2.05) is 41.5 Å². The van der Waals surface area contributed by atoms with E-state index in [1.54, 1.807) is 11.3 Å². The van der Waals surface area contributed by atoms with Crippen LogP contribution in [0.2, 0.25) is 0 Å². The number of ether oxygens (including phenoxy) is 1. The summed E-state index contributed by atoms with van der Waals surface area (Å²) in [4.78, 5) is 32.0. The van der Waals surface area contributed by atoms with Crippen molar-refractivity contribution in [2.45, 2.75) is 72.1 Å². The third-order valence-electron chi connectivity index (χ3n) is 3.87. The molecule has 0 unspecified atom stereocenters. The zero-order valence-corrected chi connectivity index (χ0v) is 16.1. The van der Waals surface area contributed by atoms with Crippen LogP contribution in [-0.4, -0.2) is 40.1 Å². The SMILES string of the molecule is Cc1nc(C)c([C@H](C)NC(=O)[C@H]2CCCN2C(=O)OC(C)(C)C)s1. The third kappa shape index (κ3) is 4.47. The van der Waals surface area contributed by atoms with Gasteiger partial charge in [-0.3, -0.25) is 9.69 Å². The van der Waals surface area contributed by atoms with Gasteiger partial charge in [-0.1, -0.05) is 0 Å². The summed E-state index contributed by atoms with van der Waals surface area (Å²) in [5, 5.41) is 4.01. The van der Waals surface area contributed by atoms with Crippen molar-refractivity contribution in [1.82, 2.24) is 15.2 Å². The standard InChI is InChI=1S/C17H27N3O3S/c1-10-14(24-12(3)18-10)11(2)19-15(21)13-8-7-9-20(13)16(22)23-17(4,5)6/h11,13H,7-9H2,1-6H3,(H,19,21)/t11-,13+/m0/s1. The molecule has 24 heavy (non-hydrogen) atoms. The first-order valence-electron chi connectivity index (χ1n) is 8.32. The van der Waals surface area contributed by atoms with Crippen molar-refractivity contribution in [2.24, 2.45) is 0 Å². The summed E-state index contributed by atoms with van der Waals surface area (Å²) in [6.45, 7) is 11.9. The second-order valence-electron chi connectivity index (χ2n) is 7.24. The Morgan fingerprint density at radius 2 is 2.04 bits per heavy atom. The van der Waals surface area contributed by atoms with Gasteiger partial charge in [0.15, 0.2) is 0 Å². The highest BCUT2D eigenvalue weighted by Crippen LogP contribution is 2.26. The van der Waals surface area contributed by atoms with Crippen LogP contribution in [0.1, 0.15) is 62.2 Å². The molecule has 1 fully saturated rings. The highest BCUT2D eigenvalue weighted by molar-refractivity contribution is 7.11. The van der Waals surface area contributed by atoms with Crippen molar-refractivity contribution in [1.29, 1.82) is 0 Å². The Kier molecular flexibility index (Phi) is 5.52. The van der Waals surface area contributed by atoms with Crippen molar-refractivity contribution in [2.75, 3.05) is 6.54 Å². The van der Waals surface area contributed by atoms with Gasteiger partial charge in [-0.25, -0.2) is 9.78 Å². The van der Waals surface area contributed by atoms with Gasteiger partial charge in [0.2, 0.25) is 5.91 Å². The zero-order chi connectivity index (χ0) is 18.1.